The van der Waals surface area contributed by atoms with Gasteiger partial charge in [0.2, 0.25) is 11.8 Å². The van der Waals surface area contributed by atoms with E-state index in [1.54, 1.807) is 16.9 Å². The van der Waals surface area contributed by atoms with Crippen LogP contribution in [0.4, 0.5) is 5.82 Å². The van der Waals surface area contributed by atoms with Crippen molar-refractivity contribution in [3.05, 3.63) is 41.9 Å². The molecule has 2 aliphatic heterocycles. The van der Waals surface area contributed by atoms with Crippen molar-refractivity contribution in [2.75, 3.05) is 25.4 Å². The van der Waals surface area contributed by atoms with Crippen LogP contribution in [0.5, 0.6) is 0 Å². The Morgan fingerprint density at radius 1 is 1.24 bits per heavy atom. The number of amides is 2. The Hall–Kier alpha value is -2.90. The zero-order valence-corrected chi connectivity index (χ0v) is 16.9. The number of aromatic nitrogens is 3. The Labute approximate surface area is 170 Å². The molecule has 8 nitrogen and oxygen atoms in total. The first-order valence-corrected chi connectivity index (χ1v) is 10.2. The minimum absolute atomic E-state index is 0.0480. The van der Waals surface area contributed by atoms with Crippen LogP contribution in [-0.4, -0.2) is 56.0 Å². The Kier molecular flexibility index (Phi) is 5.25. The number of nitrogens with two attached hydrogens (primary N) is 1. The highest BCUT2D eigenvalue weighted by Crippen LogP contribution is 2.40. The molecule has 2 fully saturated rings. The molecular weight excluding hydrogens is 368 g/mol. The molecule has 29 heavy (non-hydrogen) atoms. The van der Waals surface area contributed by atoms with E-state index in [9.17, 15) is 9.59 Å². The van der Waals surface area contributed by atoms with Gasteiger partial charge in [-0.1, -0.05) is 6.07 Å². The van der Waals surface area contributed by atoms with Crippen molar-refractivity contribution in [2.24, 2.45) is 5.41 Å². The number of piperidine rings is 2. The topological polar surface area (TPSA) is 97.3 Å². The standard InChI is InChI=1S/C21H28N6O2/c1-16-12-18(22)27(24-16)14-20(29)25-10-7-21(8-11-25)6-5-19(28)26(15-21)13-17-4-2-3-9-23-17/h2-4,9,12H,5-8,10-11,13-15,22H2,1H3. The van der Waals surface area contributed by atoms with Crippen LogP contribution in [0.3, 0.4) is 0 Å². The third-order valence-corrected chi connectivity index (χ3v) is 6.22. The minimum Gasteiger partial charge on any atom is -0.384 e. The van der Waals surface area contributed by atoms with Crippen molar-refractivity contribution in [1.82, 2.24) is 24.6 Å². The average Bonchev–Trinajstić information content (AvgIpc) is 3.03. The highest BCUT2D eigenvalue weighted by atomic mass is 16.2. The molecule has 2 aromatic rings. The lowest BCUT2D eigenvalue weighted by atomic mass is 9.72. The van der Waals surface area contributed by atoms with Gasteiger partial charge >= 0.3 is 0 Å². The van der Waals surface area contributed by atoms with Gasteiger partial charge in [0.05, 0.1) is 17.9 Å². The van der Waals surface area contributed by atoms with Gasteiger partial charge < -0.3 is 15.5 Å². The van der Waals surface area contributed by atoms with Crippen molar-refractivity contribution >= 4 is 17.6 Å². The molecule has 0 bridgehead atoms. The van der Waals surface area contributed by atoms with Crippen molar-refractivity contribution in [1.29, 1.82) is 0 Å². The lowest BCUT2D eigenvalue weighted by molar-refractivity contribution is -0.143. The maximum Gasteiger partial charge on any atom is 0.244 e. The van der Waals surface area contributed by atoms with E-state index in [1.807, 2.05) is 34.9 Å². The van der Waals surface area contributed by atoms with Crippen LogP contribution in [0.1, 0.15) is 37.1 Å². The van der Waals surface area contributed by atoms with Gasteiger partial charge in [0.1, 0.15) is 12.4 Å². The second-order valence-electron chi connectivity index (χ2n) is 8.32. The predicted molar refractivity (Wildman–Crippen MR) is 109 cm³/mol. The Balaban J connectivity index is 1.35. The van der Waals surface area contributed by atoms with E-state index in [2.05, 4.69) is 10.1 Å². The number of hydrogen-bond donors (Lipinski definition) is 1. The highest BCUT2D eigenvalue weighted by molar-refractivity contribution is 5.78. The molecule has 2 amide bonds. The summed E-state index contributed by atoms with van der Waals surface area (Å²) >= 11 is 0. The van der Waals surface area contributed by atoms with Crippen LogP contribution in [0.15, 0.2) is 30.5 Å². The Morgan fingerprint density at radius 3 is 2.69 bits per heavy atom. The lowest BCUT2D eigenvalue weighted by Gasteiger charge is -2.47. The second-order valence-corrected chi connectivity index (χ2v) is 8.32. The molecule has 154 valence electrons. The summed E-state index contributed by atoms with van der Waals surface area (Å²) in [6, 6.07) is 7.56. The van der Waals surface area contributed by atoms with E-state index in [0.717, 1.165) is 37.2 Å². The van der Waals surface area contributed by atoms with Gasteiger partial charge in [-0.25, -0.2) is 4.68 Å². The summed E-state index contributed by atoms with van der Waals surface area (Å²) in [5.74, 6) is 0.761. The molecule has 0 unspecified atom stereocenters. The maximum atomic E-state index is 12.7. The van der Waals surface area contributed by atoms with E-state index < -0.39 is 0 Å². The van der Waals surface area contributed by atoms with Gasteiger partial charge in [-0.3, -0.25) is 14.6 Å². The van der Waals surface area contributed by atoms with Crippen LogP contribution in [0.2, 0.25) is 0 Å². The fourth-order valence-electron chi connectivity index (χ4n) is 4.49. The van der Waals surface area contributed by atoms with E-state index >= 15 is 0 Å². The summed E-state index contributed by atoms with van der Waals surface area (Å²) in [5, 5.41) is 4.28. The number of nitrogen functional groups attached to an aromatic ring is 1. The van der Waals surface area contributed by atoms with Gasteiger partial charge in [-0.05, 0) is 43.7 Å². The first-order valence-electron chi connectivity index (χ1n) is 10.2. The molecule has 0 radical (unpaired) electrons. The fraction of sp³-hybridized carbons (Fsp3) is 0.524. The van der Waals surface area contributed by atoms with Crippen molar-refractivity contribution in [3.8, 4) is 0 Å². The van der Waals surface area contributed by atoms with Gasteiger partial charge in [0.15, 0.2) is 0 Å². The number of rotatable bonds is 4. The Bertz CT molecular complexity index is 886. The van der Waals surface area contributed by atoms with Crippen LogP contribution >= 0.6 is 0 Å². The normalized spacial score (nSPS) is 19.0. The van der Waals surface area contributed by atoms with Crippen molar-refractivity contribution < 1.29 is 9.59 Å². The third kappa shape index (κ3) is 4.26. The Morgan fingerprint density at radius 2 is 2.03 bits per heavy atom. The van der Waals surface area contributed by atoms with E-state index in [1.165, 1.54) is 0 Å². The SMILES string of the molecule is Cc1cc(N)n(CC(=O)N2CCC3(CCC(=O)N(Cc4ccccn4)C3)CC2)n1. The first kappa shape index (κ1) is 19.4. The zero-order valence-electron chi connectivity index (χ0n) is 16.9. The molecule has 2 N–H and O–H groups in total. The molecule has 0 atom stereocenters. The molecule has 0 saturated carbocycles. The van der Waals surface area contributed by atoms with Gasteiger partial charge in [0, 0.05) is 38.3 Å². The number of nitrogens with zero attached hydrogens (tertiary/aromatic N) is 5. The van der Waals surface area contributed by atoms with E-state index in [4.69, 9.17) is 5.73 Å². The molecule has 2 aliphatic rings. The molecule has 1 spiro atoms. The second kappa shape index (κ2) is 7.85. The summed E-state index contributed by atoms with van der Waals surface area (Å²) in [6.07, 6.45) is 5.07. The third-order valence-electron chi connectivity index (χ3n) is 6.22. The van der Waals surface area contributed by atoms with Crippen LogP contribution in [-0.2, 0) is 22.7 Å². The highest BCUT2D eigenvalue weighted by Gasteiger charge is 2.41. The molecule has 8 heteroatoms. The van der Waals surface area contributed by atoms with Crippen LogP contribution in [0, 0.1) is 12.3 Å². The summed E-state index contributed by atoms with van der Waals surface area (Å²) in [4.78, 5) is 33.3. The molecule has 2 saturated heterocycles. The smallest absolute Gasteiger partial charge is 0.244 e. The monoisotopic (exact) mass is 396 g/mol. The van der Waals surface area contributed by atoms with E-state index in [-0.39, 0.29) is 23.8 Å². The number of hydrogen-bond acceptors (Lipinski definition) is 5. The number of aryl methyl sites for hydroxylation is 1. The largest absolute Gasteiger partial charge is 0.384 e. The summed E-state index contributed by atoms with van der Waals surface area (Å²) in [6.45, 7) is 4.77. The van der Waals surface area contributed by atoms with Crippen molar-refractivity contribution in [2.45, 2.75) is 45.7 Å². The summed E-state index contributed by atoms with van der Waals surface area (Å²) in [5.41, 5.74) is 7.73. The number of pyridine rings is 1. The molecule has 0 aliphatic carbocycles. The molecule has 4 heterocycles. The van der Waals surface area contributed by atoms with Crippen LogP contribution in [0.25, 0.3) is 0 Å². The minimum atomic E-state index is 0.0480. The van der Waals surface area contributed by atoms with E-state index in [0.29, 0.717) is 31.9 Å². The maximum absolute atomic E-state index is 12.7. The number of likely N-dealkylation sites (tertiary alicyclic amines) is 2. The fourth-order valence-corrected chi connectivity index (χ4v) is 4.49. The number of carbonyl (C=O) groups is 2. The summed E-state index contributed by atoms with van der Waals surface area (Å²) in [7, 11) is 0. The number of anilines is 1. The number of carbonyl (C=O) groups excluding carboxylic acids is 2. The predicted octanol–water partition coefficient (Wildman–Crippen LogP) is 1.60. The molecular formula is C21H28N6O2. The molecule has 4 rings (SSSR count). The average molecular weight is 396 g/mol. The summed E-state index contributed by atoms with van der Waals surface area (Å²) < 4.78 is 1.57. The lowest BCUT2D eigenvalue weighted by Crippen LogP contribution is -2.52. The van der Waals surface area contributed by atoms with Gasteiger partial charge in [0.25, 0.3) is 0 Å². The first-order chi connectivity index (χ1) is 13.9. The molecule has 2 aromatic heterocycles. The quantitative estimate of drug-likeness (QED) is 0.847. The van der Waals surface area contributed by atoms with Gasteiger partial charge in [-0.15, -0.1) is 0 Å². The molecule has 0 aromatic carbocycles. The van der Waals surface area contributed by atoms with Crippen molar-refractivity contribution in [3.63, 3.8) is 0 Å². The zero-order chi connectivity index (χ0) is 20.4. The van der Waals surface area contributed by atoms with Gasteiger partial charge in [-0.2, -0.15) is 5.10 Å². The van der Waals surface area contributed by atoms with Crippen LogP contribution < -0.4 is 5.73 Å².